The van der Waals surface area contributed by atoms with Crippen LogP contribution in [0.1, 0.15) is 37.3 Å². The van der Waals surface area contributed by atoms with Gasteiger partial charge >= 0.3 is 0 Å². The predicted octanol–water partition coefficient (Wildman–Crippen LogP) is 2.79. The Labute approximate surface area is 107 Å². The Hall–Kier alpha value is -1.13. The molecule has 0 amide bonds. The summed E-state index contributed by atoms with van der Waals surface area (Å²) in [5.41, 5.74) is 6.28. The molecule has 0 aliphatic heterocycles. The molecule has 0 heterocycles. The second kappa shape index (κ2) is 5.24. The highest BCUT2D eigenvalue weighted by Gasteiger charge is 2.41. The Morgan fingerprint density at radius 1 is 1.28 bits per heavy atom. The number of ether oxygens (including phenoxy) is 2. The van der Waals surface area contributed by atoms with Gasteiger partial charge in [0.05, 0.1) is 18.8 Å². The first-order chi connectivity index (χ1) is 8.64. The molecule has 1 aliphatic rings. The van der Waals surface area contributed by atoms with E-state index in [4.69, 9.17) is 15.2 Å². The third-order valence-corrected chi connectivity index (χ3v) is 3.97. The van der Waals surface area contributed by atoms with Crippen LogP contribution in [0.4, 0.5) is 4.39 Å². The van der Waals surface area contributed by atoms with E-state index in [-0.39, 0.29) is 11.6 Å². The van der Waals surface area contributed by atoms with Crippen LogP contribution in [-0.2, 0) is 4.74 Å². The maximum Gasteiger partial charge on any atom is 0.169 e. The number of nitrogens with two attached hydrogens (primary N) is 1. The molecule has 0 bridgehead atoms. The van der Waals surface area contributed by atoms with Crippen molar-refractivity contribution in [1.82, 2.24) is 0 Å². The maximum atomic E-state index is 14.2. The van der Waals surface area contributed by atoms with E-state index in [1.807, 2.05) is 0 Å². The molecule has 1 unspecified atom stereocenters. The van der Waals surface area contributed by atoms with Crippen LogP contribution in [0, 0.1) is 5.82 Å². The zero-order valence-corrected chi connectivity index (χ0v) is 10.9. The molecule has 0 spiro atoms. The first kappa shape index (κ1) is 13.3. The zero-order chi connectivity index (χ0) is 13.2. The van der Waals surface area contributed by atoms with Gasteiger partial charge in [-0.1, -0.05) is 25.0 Å². The highest BCUT2D eigenvalue weighted by molar-refractivity contribution is 5.34. The van der Waals surface area contributed by atoms with Crippen molar-refractivity contribution in [2.45, 2.75) is 37.3 Å². The van der Waals surface area contributed by atoms with E-state index in [0.717, 1.165) is 25.7 Å². The van der Waals surface area contributed by atoms with E-state index in [1.54, 1.807) is 25.3 Å². The van der Waals surface area contributed by atoms with Crippen molar-refractivity contribution in [3.8, 4) is 5.75 Å². The van der Waals surface area contributed by atoms with Crippen molar-refractivity contribution in [3.63, 3.8) is 0 Å². The highest BCUT2D eigenvalue weighted by Crippen LogP contribution is 2.42. The monoisotopic (exact) mass is 253 g/mol. The van der Waals surface area contributed by atoms with Crippen LogP contribution < -0.4 is 10.5 Å². The average molecular weight is 253 g/mol. The predicted molar refractivity (Wildman–Crippen MR) is 68.1 cm³/mol. The van der Waals surface area contributed by atoms with E-state index >= 15 is 0 Å². The first-order valence-electron chi connectivity index (χ1n) is 6.28. The van der Waals surface area contributed by atoms with Crippen molar-refractivity contribution in [2.75, 3.05) is 14.2 Å². The van der Waals surface area contributed by atoms with Gasteiger partial charge in [-0.25, -0.2) is 4.39 Å². The minimum atomic E-state index is -0.458. The summed E-state index contributed by atoms with van der Waals surface area (Å²) >= 11 is 0. The zero-order valence-electron chi connectivity index (χ0n) is 10.9. The van der Waals surface area contributed by atoms with Crippen molar-refractivity contribution in [3.05, 3.63) is 29.6 Å². The summed E-state index contributed by atoms with van der Waals surface area (Å²) in [6, 6.07) is 4.61. The molecule has 18 heavy (non-hydrogen) atoms. The lowest BCUT2D eigenvalue weighted by molar-refractivity contribution is -0.0272. The van der Waals surface area contributed by atoms with Crippen LogP contribution in [0.5, 0.6) is 5.75 Å². The van der Waals surface area contributed by atoms with Crippen LogP contribution in [-0.4, -0.2) is 19.8 Å². The Morgan fingerprint density at radius 2 is 1.94 bits per heavy atom. The van der Waals surface area contributed by atoms with Gasteiger partial charge in [-0.05, 0) is 18.9 Å². The summed E-state index contributed by atoms with van der Waals surface area (Å²) in [5, 5.41) is 0. The molecule has 0 saturated heterocycles. The largest absolute Gasteiger partial charge is 0.494 e. The fourth-order valence-electron chi connectivity index (χ4n) is 2.82. The molecule has 0 aromatic heterocycles. The van der Waals surface area contributed by atoms with Gasteiger partial charge in [-0.3, -0.25) is 0 Å². The van der Waals surface area contributed by atoms with Gasteiger partial charge in [0.1, 0.15) is 0 Å². The van der Waals surface area contributed by atoms with Gasteiger partial charge in [0.15, 0.2) is 11.6 Å². The van der Waals surface area contributed by atoms with Crippen LogP contribution in [0.2, 0.25) is 0 Å². The second-order valence-corrected chi connectivity index (χ2v) is 4.82. The number of methoxy groups -OCH3 is 2. The molecule has 4 heteroatoms. The van der Waals surface area contributed by atoms with Gasteiger partial charge < -0.3 is 15.2 Å². The fraction of sp³-hybridized carbons (Fsp3) is 0.571. The number of hydrogen-bond acceptors (Lipinski definition) is 3. The number of rotatable bonds is 4. The van der Waals surface area contributed by atoms with Gasteiger partial charge in [-0.2, -0.15) is 0 Å². The molecular formula is C14H20FNO2. The van der Waals surface area contributed by atoms with Crippen LogP contribution in [0.15, 0.2) is 18.2 Å². The average Bonchev–Trinajstić information content (AvgIpc) is 2.88. The third kappa shape index (κ3) is 2.10. The fourth-order valence-corrected chi connectivity index (χ4v) is 2.82. The molecule has 1 aromatic rings. The van der Waals surface area contributed by atoms with Crippen molar-refractivity contribution >= 4 is 0 Å². The molecule has 1 saturated carbocycles. The van der Waals surface area contributed by atoms with Crippen LogP contribution in [0.3, 0.4) is 0 Å². The minimum absolute atomic E-state index is 0.229. The lowest BCUT2D eigenvalue weighted by Gasteiger charge is -2.34. The normalized spacial score (nSPS) is 19.8. The summed E-state index contributed by atoms with van der Waals surface area (Å²) < 4.78 is 24.8. The van der Waals surface area contributed by atoms with Crippen molar-refractivity contribution in [2.24, 2.45) is 5.73 Å². The lowest BCUT2D eigenvalue weighted by Crippen LogP contribution is -2.41. The summed E-state index contributed by atoms with van der Waals surface area (Å²) in [6.07, 6.45) is 3.91. The van der Waals surface area contributed by atoms with E-state index in [2.05, 4.69) is 0 Å². The summed E-state index contributed by atoms with van der Waals surface area (Å²) in [5.74, 6) is -0.150. The number of benzene rings is 1. The van der Waals surface area contributed by atoms with E-state index < -0.39 is 11.6 Å². The topological polar surface area (TPSA) is 44.5 Å². The molecule has 100 valence electrons. The van der Waals surface area contributed by atoms with Crippen molar-refractivity contribution in [1.29, 1.82) is 0 Å². The molecule has 2 N–H and O–H groups in total. The van der Waals surface area contributed by atoms with E-state index in [0.29, 0.717) is 5.56 Å². The number of hydrogen-bond donors (Lipinski definition) is 1. The van der Waals surface area contributed by atoms with E-state index in [1.165, 1.54) is 7.11 Å². The van der Waals surface area contributed by atoms with Gasteiger partial charge in [0.25, 0.3) is 0 Å². The summed E-state index contributed by atoms with van der Waals surface area (Å²) in [6.45, 7) is 0. The number of halogens is 1. The minimum Gasteiger partial charge on any atom is -0.494 e. The Morgan fingerprint density at radius 3 is 2.50 bits per heavy atom. The Kier molecular flexibility index (Phi) is 3.88. The molecule has 1 aliphatic carbocycles. The van der Waals surface area contributed by atoms with Crippen LogP contribution >= 0.6 is 0 Å². The van der Waals surface area contributed by atoms with Gasteiger partial charge in [-0.15, -0.1) is 0 Å². The summed E-state index contributed by atoms with van der Waals surface area (Å²) in [7, 11) is 3.11. The molecule has 1 fully saturated rings. The SMILES string of the molecule is COc1cccc(C(N)C2(OC)CCCC2)c1F. The Balaban J connectivity index is 2.36. The van der Waals surface area contributed by atoms with E-state index in [9.17, 15) is 4.39 Å². The first-order valence-corrected chi connectivity index (χ1v) is 6.28. The smallest absolute Gasteiger partial charge is 0.169 e. The highest BCUT2D eigenvalue weighted by atomic mass is 19.1. The molecule has 1 atom stereocenters. The maximum absolute atomic E-state index is 14.2. The Bertz CT molecular complexity index is 416. The molecular weight excluding hydrogens is 233 g/mol. The summed E-state index contributed by atoms with van der Waals surface area (Å²) in [4.78, 5) is 0. The standard InChI is InChI=1S/C14H20FNO2/c1-17-11-7-5-6-10(12(11)15)13(16)14(18-2)8-3-4-9-14/h5-7,13H,3-4,8-9,16H2,1-2H3. The van der Waals surface area contributed by atoms with Gasteiger partial charge in [0.2, 0.25) is 0 Å². The lowest BCUT2D eigenvalue weighted by atomic mass is 9.87. The van der Waals surface area contributed by atoms with Crippen molar-refractivity contribution < 1.29 is 13.9 Å². The quantitative estimate of drug-likeness (QED) is 0.897. The molecule has 1 aromatic carbocycles. The van der Waals surface area contributed by atoms with Gasteiger partial charge in [0, 0.05) is 12.7 Å². The van der Waals surface area contributed by atoms with Crippen LogP contribution in [0.25, 0.3) is 0 Å². The molecule has 3 nitrogen and oxygen atoms in total. The third-order valence-electron chi connectivity index (χ3n) is 3.97. The second-order valence-electron chi connectivity index (χ2n) is 4.82. The molecule has 0 radical (unpaired) electrons. The molecule has 2 rings (SSSR count).